The second kappa shape index (κ2) is 11.1. The van der Waals surface area contributed by atoms with Crippen molar-refractivity contribution in [3.8, 4) is 5.75 Å². The summed E-state index contributed by atoms with van der Waals surface area (Å²) in [4.78, 5) is 28.0. The van der Waals surface area contributed by atoms with Crippen molar-refractivity contribution < 1.29 is 14.3 Å². The Balaban J connectivity index is 0.00000289. The SMILES string of the molecule is Cl.NC(=O)c1c(NC(=O)CCOc2ccccc2)sc2c1CCN(Cc1ccccc1)C2. The molecule has 0 saturated carbocycles. The number of benzene rings is 2. The van der Waals surface area contributed by atoms with Gasteiger partial charge in [0.25, 0.3) is 5.91 Å². The lowest BCUT2D eigenvalue weighted by Crippen LogP contribution is -2.30. The van der Waals surface area contributed by atoms with E-state index in [1.54, 1.807) is 0 Å². The van der Waals surface area contributed by atoms with E-state index in [1.165, 1.54) is 16.9 Å². The van der Waals surface area contributed by atoms with E-state index in [2.05, 4.69) is 22.3 Å². The van der Waals surface area contributed by atoms with Gasteiger partial charge in [0.05, 0.1) is 18.6 Å². The van der Waals surface area contributed by atoms with Gasteiger partial charge < -0.3 is 15.8 Å². The van der Waals surface area contributed by atoms with Crippen LogP contribution in [0.15, 0.2) is 60.7 Å². The van der Waals surface area contributed by atoms with Gasteiger partial charge in [-0.3, -0.25) is 14.5 Å². The fraction of sp³-hybridized carbons (Fsp3) is 0.250. The van der Waals surface area contributed by atoms with Crippen LogP contribution in [0.25, 0.3) is 0 Å². The number of nitrogens with zero attached hydrogens (tertiary/aromatic N) is 1. The Kier molecular flexibility index (Phi) is 8.27. The molecule has 0 radical (unpaired) electrons. The van der Waals surface area contributed by atoms with Gasteiger partial charge in [0.2, 0.25) is 5.91 Å². The van der Waals surface area contributed by atoms with Gasteiger partial charge in [-0.2, -0.15) is 0 Å². The number of hydrogen-bond acceptors (Lipinski definition) is 5. The zero-order valence-corrected chi connectivity index (χ0v) is 19.2. The Hall–Kier alpha value is -2.87. The summed E-state index contributed by atoms with van der Waals surface area (Å²) in [7, 11) is 0. The molecule has 1 aliphatic heterocycles. The third kappa shape index (κ3) is 5.88. The van der Waals surface area contributed by atoms with E-state index in [4.69, 9.17) is 10.5 Å². The Morgan fingerprint density at radius 3 is 2.44 bits per heavy atom. The molecule has 3 N–H and O–H groups in total. The van der Waals surface area contributed by atoms with Crippen molar-refractivity contribution in [3.05, 3.63) is 82.2 Å². The number of para-hydroxylation sites is 1. The van der Waals surface area contributed by atoms with E-state index in [0.717, 1.165) is 42.2 Å². The van der Waals surface area contributed by atoms with Crippen LogP contribution in [0.1, 0.15) is 32.8 Å². The van der Waals surface area contributed by atoms with Crippen LogP contribution >= 0.6 is 23.7 Å². The van der Waals surface area contributed by atoms with Crippen LogP contribution in [0, 0.1) is 0 Å². The number of carbonyl (C=O) groups is 2. The molecule has 6 nitrogen and oxygen atoms in total. The zero-order chi connectivity index (χ0) is 21.6. The number of nitrogens with one attached hydrogen (secondary N) is 1. The van der Waals surface area contributed by atoms with E-state index in [9.17, 15) is 9.59 Å². The van der Waals surface area contributed by atoms with E-state index in [-0.39, 0.29) is 31.3 Å². The molecule has 8 heteroatoms. The number of nitrogens with two attached hydrogens (primary N) is 1. The first-order chi connectivity index (χ1) is 15.1. The van der Waals surface area contributed by atoms with Gasteiger partial charge >= 0.3 is 0 Å². The Morgan fingerprint density at radius 2 is 1.75 bits per heavy atom. The van der Waals surface area contributed by atoms with Gasteiger partial charge in [-0.05, 0) is 29.7 Å². The second-order valence-corrected chi connectivity index (χ2v) is 8.58. The maximum Gasteiger partial charge on any atom is 0.251 e. The molecule has 2 heterocycles. The van der Waals surface area contributed by atoms with Gasteiger partial charge in [0, 0.05) is 24.5 Å². The van der Waals surface area contributed by atoms with Crippen molar-refractivity contribution in [2.45, 2.75) is 25.9 Å². The number of anilines is 1. The van der Waals surface area contributed by atoms with Crippen molar-refractivity contribution in [2.75, 3.05) is 18.5 Å². The number of halogens is 1. The minimum Gasteiger partial charge on any atom is -0.493 e. The summed E-state index contributed by atoms with van der Waals surface area (Å²) in [5.41, 5.74) is 8.35. The Bertz CT molecular complexity index is 1060. The van der Waals surface area contributed by atoms with Crippen LogP contribution in [0.3, 0.4) is 0 Å². The molecule has 3 aromatic rings. The molecule has 32 heavy (non-hydrogen) atoms. The first kappa shape index (κ1) is 23.8. The first-order valence-electron chi connectivity index (χ1n) is 10.3. The average Bonchev–Trinajstić information content (AvgIpc) is 3.12. The highest BCUT2D eigenvalue weighted by atomic mass is 35.5. The summed E-state index contributed by atoms with van der Waals surface area (Å²) < 4.78 is 5.59. The normalized spacial score (nSPS) is 13.0. The predicted molar refractivity (Wildman–Crippen MR) is 130 cm³/mol. The number of rotatable bonds is 8. The lowest BCUT2D eigenvalue weighted by atomic mass is 10.0. The fourth-order valence-electron chi connectivity index (χ4n) is 3.75. The molecule has 0 spiro atoms. The van der Waals surface area contributed by atoms with Crippen molar-refractivity contribution in [1.29, 1.82) is 0 Å². The summed E-state index contributed by atoms with van der Waals surface area (Å²) in [6.07, 6.45) is 0.930. The number of amides is 2. The van der Waals surface area contributed by atoms with Gasteiger partial charge in [0.1, 0.15) is 10.8 Å². The monoisotopic (exact) mass is 471 g/mol. The summed E-state index contributed by atoms with van der Waals surface area (Å²) in [5, 5.41) is 3.43. The smallest absolute Gasteiger partial charge is 0.251 e. The maximum atomic E-state index is 12.4. The van der Waals surface area contributed by atoms with Gasteiger partial charge in [-0.1, -0.05) is 48.5 Å². The molecule has 0 atom stereocenters. The third-order valence-corrected chi connectivity index (χ3v) is 6.36. The van der Waals surface area contributed by atoms with Crippen molar-refractivity contribution in [2.24, 2.45) is 5.73 Å². The quantitative estimate of drug-likeness (QED) is 0.514. The molecular formula is C24H26ClN3O3S. The van der Waals surface area contributed by atoms with Gasteiger partial charge in [0.15, 0.2) is 0 Å². The van der Waals surface area contributed by atoms with Crippen LogP contribution in [0.5, 0.6) is 5.75 Å². The van der Waals surface area contributed by atoms with Crippen LogP contribution < -0.4 is 15.8 Å². The number of hydrogen-bond donors (Lipinski definition) is 2. The summed E-state index contributed by atoms with van der Waals surface area (Å²) in [5.74, 6) is 0.0289. The molecule has 0 aliphatic carbocycles. The summed E-state index contributed by atoms with van der Waals surface area (Å²) in [6, 6.07) is 19.7. The number of thiophene rings is 1. The summed E-state index contributed by atoms with van der Waals surface area (Å²) in [6.45, 7) is 2.69. The standard InChI is InChI=1S/C24H25N3O3S.ClH/c25-23(29)22-19-11-13-27(15-17-7-3-1-4-8-17)16-20(19)31-24(22)26-21(28)12-14-30-18-9-5-2-6-10-18;/h1-10H,11-16H2,(H2,25,29)(H,26,28);1H. The van der Waals surface area contributed by atoms with Crippen molar-refractivity contribution in [3.63, 3.8) is 0 Å². The Labute approximate surface area is 197 Å². The molecule has 0 saturated heterocycles. The third-order valence-electron chi connectivity index (χ3n) is 5.23. The molecular weight excluding hydrogens is 446 g/mol. The van der Waals surface area contributed by atoms with E-state index >= 15 is 0 Å². The molecule has 2 amide bonds. The molecule has 0 unspecified atom stereocenters. The van der Waals surface area contributed by atoms with Gasteiger partial charge in [-0.15, -0.1) is 23.7 Å². The van der Waals surface area contributed by atoms with Crippen LogP contribution in [0.2, 0.25) is 0 Å². The van der Waals surface area contributed by atoms with Crippen LogP contribution in [-0.2, 0) is 24.3 Å². The fourth-order valence-corrected chi connectivity index (χ4v) is 5.06. The molecule has 168 valence electrons. The number of carbonyl (C=O) groups excluding carboxylic acids is 2. The first-order valence-corrected chi connectivity index (χ1v) is 11.1. The molecule has 1 aliphatic rings. The van der Waals surface area contributed by atoms with E-state index < -0.39 is 5.91 Å². The van der Waals surface area contributed by atoms with Crippen molar-refractivity contribution in [1.82, 2.24) is 4.90 Å². The Morgan fingerprint density at radius 1 is 1.06 bits per heavy atom. The van der Waals surface area contributed by atoms with E-state index in [1.807, 2.05) is 48.5 Å². The molecule has 0 bridgehead atoms. The molecule has 0 fully saturated rings. The van der Waals surface area contributed by atoms with E-state index in [0.29, 0.717) is 10.6 Å². The summed E-state index contributed by atoms with van der Waals surface area (Å²) >= 11 is 1.45. The highest BCUT2D eigenvalue weighted by Gasteiger charge is 2.27. The number of fused-ring (bicyclic) bond motifs is 1. The minimum absolute atomic E-state index is 0. The zero-order valence-electron chi connectivity index (χ0n) is 17.6. The average molecular weight is 472 g/mol. The lowest BCUT2D eigenvalue weighted by Gasteiger charge is -2.27. The second-order valence-electron chi connectivity index (χ2n) is 7.48. The largest absolute Gasteiger partial charge is 0.493 e. The van der Waals surface area contributed by atoms with Crippen molar-refractivity contribution >= 4 is 40.6 Å². The molecule has 1 aromatic heterocycles. The maximum absolute atomic E-state index is 12.4. The topological polar surface area (TPSA) is 84.7 Å². The van der Waals surface area contributed by atoms with Crippen LogP contribution in [0.4, 0.5) is 5.00 Å². The lowest BCUT2D eigenvalue weighted by molar-refractivity contribution is -0.116. The number of ether oxygens (including phenoxy) is 1. The molecule has 4 rings (SSSR count). The highest BCUT2D eigenvalue weighted by molar-refractivity contribution is 7.17. The highest BCUT2D eigenvalue weighted by Crippen LogP contribution is 2.37. The minimum atomic E-state index is -0.496. The number of primary amides is 1. The van der Waals surface area contributed by atoms with Gasteiger partial charge in [-0.25, -0.2) is 0 Å². The van der Waals surface area contributed by atoms with Crippen LogP contribution in [-0.4, -0.2) is 29.9 Å². The molecule has 2 aromatic carbocycles. The predicted octanol–water partition coefficient (Wildman–Crippen LogP) is 4.23.